The van der Waals surface area contributed by atoms with E-state index in [0.717, 1.165) is 0 Å². The summed E-state index contributed by atoms with van der Waals surface area (Å²) >= 11 is 0. The molecule has 0 nitrogen and oxygen atoms in total. The molecular formula is H2CoCuSSn. The Bertz CT molecular complexity index is 8.00. The van der Waals surface area contributed by atoms with Gasteiger partial charge in [0, 0.05) is 57.8 Å². The third kappa shape index (κ3) is 8.90. The van der Waals surface area contributed by atoms with E-state index in [0.29, 0.717) is 0 Å². The van der Waals surface area contributed by atoms with Crippen LogP contribution in [0.25, 0.3) is 0 Å². The van der Waals surface area contributed by atoms with Gasteiger partial charge in [0.1, 0.15) is 0 Å². The quantitative estimate of drug-likeness (QED) is 0.534. The molecule has 32 valence electrons. The van der Waals surface area contributed by atoms with E-state index in [1.54, 1.807) is 0 Å². The van der Waals surface area contributed by atoms with Crippen LogP contribution < -0.4 is 0 Å². The van der Waals surface area contributed by atoms with Crippen LogP contribution in [-0.4, -0.2) is 23.9 Å². The number of hydrogen-bond donors (Lipinski definition) is 0. The van der Waals surface area contributed by atoms with Crippen molar-refractivity contribution in [2.24, 2.45) is 0 Å². The molecule has 0 unspecified atom stereocenters. The Morgan fingerprint density at radius 2 is 1.00 bits per heavy atom. The Morgan fingerprint density at radius 3 is 1.00 bits per heavy atom. The topological polar surface area (TPSA) is 0 Å². The van der Waals surface area contributed by atoms with E-state index in [9.17, 15) is 0 Å². The fraction of sp³-hybridized carbons (Fsp3) is 0. The first-order valence-corrected chi connectivity index (χ1v) is 0. The van der Waals surface area contributed by atoms with Crippen LogP contribution >= 0.6 is 13.5 Å². The van der Waals surface area contributed by atoms with Crippen molar-refractivity contribution in [3.63, 3.8) is 0 Å². The molecule has 4 heavy (non-hydrogen) atoms. The van der Waals surface area contributed by atoms with Crippen LogP contribution in [0.15, 0.2) is 0 Å². The molecule has 4 heteroatoms. The smallest absolute Gasteiger partial charge is 0 e. The first-order valence-electron chi connectivity index (χ1n) is 0. The molecule has 0 saturated carbocycles. The fourth-order valence-electron chi connectivity index (χ4n) is 0. The Hall–Kier alpha value is 2.17. The summed E-state index contributed by atoms with van der Waals surface area (Å²) in [6.07, 6.45) is 0. The van der Waals surface area contributed by atoms with Gasteiger partial charge in [-0.25, -0.2) is 0 Å². The number of rotatable bonds is 0. The minimum atomic E-state index is 0. The van der Waals surface area contributed by atoms with E-state index in [1.807, 2.05) is 0 Å². The summed E-state index contributed by atoms with van der Waals surface area (Å²) in [5.41, 5.74) is 0. The zero-order valence-electron chi connectivity index (χ0n) is 1.63. The van der Waals surface area contributed by atoms with Crippen molar-refractivity contribution >= 4 is 37.4 Å². The van der Waals surface area contributed by atoms with Crippen LogP contribution in [-0.2, 0) is 33.8 Å². The van der Waals surface area contributed by atoms with Crippen molar-refractivity contribution in [3.8, 4) is 0 Å². The third-order valence-electron chi connectivity index (χ3n) is 0. The van der Waals surface area contributed by atoms with Crippen molar-refractivity contribution in [1.82, 2.24) is 0 Å². The Kier molecular flexibility index (Phi) is 167. The maximum atomic E-state index is 0. The van der Waals surface area contributed by atoms with Gasteiger partial charge in [0.25, 0.3) is 0 Å². The SMILES string of the molecule is S.[Co].[Cu].[Sn]. The first-order chi connectivity index (χ1) is 0. The molecule has 0 bridgehead atoms. The van der Waals surface area contributed by atoms with Gasteiger partial charge in [0.15, 0.2) is 0 Å². The van der Waals surface area contributed by atoms with Crippen LogP contribution in [0, 0.1) is 0 Å². The van der Waals surface area contributed by atoms with Crippen molar-refractivity contribution in [2.75, 3.05) is 0 Å². The van der Waals surface area contributed by atoms with E-state index in [-0.39, 0.29) is 71.3 Å². The molecule has 0 aliphatic rings. The molecule has 0 amide bonds. The van der Waals surface area contributed by atoms with Gasteiger partial charge in [-0.15, -0.1) is 0 Å². The van der Waals surface area contributed by atoms with E-state index >= 15 is 0 Å². The van der Waals surface area contributed by atoms with Gasteiger partial charge >= 0.3 is 0 Å². The molecular weight excluding hydrogens is 273 g/mol. The van der Waals surface area contributed by atoms with Crippen LogP contribution in [0.5, 0.6) is 0 Å². The summed E-state index contributed by atoms with van der Waals surface area (Å²) < 4.78 is 0. The first kappa shape index (κ1) is 35.0. The summed E-state index contributed by atoms with van der Waals surface area (Å²) in [5.74, 6) is 0. The van der Waals surface area contributed by atoms with E-state index < -0.39 is 0 Å². The van der Waals surface area contributed by atoms with E-state index in [1.165, 1.54) is 0 Å². The molecule has 0 fully saturated rings. The zero-order valence-corrected chi connectivity index (χ0v) is 7.47. The zero-order chi connectivity index (χ0) is 0. The molecule has 0 N–H and O–H groups in total. The molecule has 0 aromatic carbocycles. The van der Waals surface area contributed by atoms with Crippen molar-refractivity contribution in [1.29, 1.82) is 0 Å². The van der Waals surface area contributed by atoms with Gasteiger partial charge in [0.05, 0.1) is 0 Å². The predicted octanol–water partition coefficient (Wildman–Crippen LogP) is -0.273. The largest absolute Gasteiger partial charge is 0.197 e. The summed E-state index contributed by atoms with van der Waals surface area (Å²) in [7, 11) is 0. The van der Waals surface area contributed by atoms with Crippen LogP contribution in [0.1, 0.15) is 0 Å². The summed E-state index contributed by atoms with van der Waals surface area (Å²) in [6.45, 7) is 0. The maximum absolute atomic E-state index is 0. The van der Waals surface area contributed by atoms with Gasteiger partial charge < -0.3 is 0 Å². The van der Waals surface area contributed by atoms with Crippen molar-refractivity contribution in [3.05, 3.63) is 0 Å². The monoisotopic (exact) mass is 276 g/mol. The second kappa shape index (κ2) is 19.1. The van der Waals surface area contributed by atoms with Crippen LogP contribution in [0.3, 0.4) is 0 Å². The van der Waals surface area contributed by atoms with E-state index in [4.69, 9.17) is 0 Å². The number of hydrogen-bond acceptors (Lipinski definition) is 0. The molecule has 6 radical (unpaired) electrons. The molecule has 0 saturated heterocycles. The van der Waals surface area contributed by atoms with Gasteiger partial charge in [-0.2, -0.15) is 13.5 Å². The van der Waals surface area contributed by atoms with Gasteiger partial charge in [0.2, 0.25) is 0 Å². The molecule has 0 rings (SSSR count). The van der Waals surface area contributed by atoms with Gasteiger partial charge in [-0.1, -0.05) is 0 Å². The molecule has 0 aliphatic carbocycles. The second-order valence-corrected chi connectivity index (χ2v) is 0. The van der Waals surface area contributed by atoms with Crippen molar-refractivity contribution < 1.29 is 33.8 Å². The predicted molar refractivity (Wildman–Crippen MR) is 16.1 cm³/mol. The Balaban J connectivity index is 0. The fourth-order valence-corrected chi connectivity index (χ4v) is 0. The van der Waals surface area contributed by atoms with Gasteiger partial charge in [-0.3, -0.25) is 0 Å². The maximum Gasteiger partial charge on any atom is 0 e. The summed E-state index contributed by atoms with van der Waals surface area (Å²) in [5, 5.41) is 0. The average Bonchev–Trinajstić information content (AvgIpc) is 0. The average molecular weight is 275 g/mol. The summed E-state index contributed by atoms with van der Waals surface area (Å²) in [4.78, 5) is 0. The van der Waals surface area contributed by atoms with Gasteiger partial charge in [-0.05, 0) is 0 Å². The Labute approximate surface area is 70.6 Å². The standard InChI is InChI=1S/Co.Cu.H2S.Sn/h;;1H2;. The molecule has 0 aliphatic heterocycles. The van der Waals surface area contributed by atoms with Crippen molar-refractivity contribution in [2.45, 2.75) is 0 Å². The summed E-state index contributed by atoms with van der Waals surface area (Å²) in [6, 6.07) is 0. The second-order valence-electron chi connectivity index (χ2n) is 0. The molecule has 0 spiro atoms. The minimum absolute atomic E-state index is 0. The normalized spacial score (nSPS) is 0. The molecule has 0 aromatic heterocycles. The third-order valence-corrected chi connectivity index (χ3v) is 0. The molecule has 0 atom stereocenters. The van der Waals surface area contributed by atoms with Crippen LogP contribution in [0.4, 0.5) is 0 Å². The molecule has 0 heterocycles. The van der Waals surface area contributed by atoms with E-state index in [2.05, 4.69) is 0 Å². The molecule has 0 aromatic rings. The minimum Gasteiger partial charge on any atom is -0.197 e. The Morgan fingerprint density at radius 1 is 1.00 bits per heavy atom. The van der Waals surface area contributed by atoms with Crippen LogP contribution in [0.2, 0.25) is 0 Å².